The van der Waals surface area contributed by atoms with Crippen molar-refractivity contribution in [2.75, 3.05) is 0 Å². The van der Waals surface area contributed by atoms with Crippen LogP contribution in [0, 0.1) is 5.82 Å². The number of halogens is 1. The topological polar surface area (TPSA) is 55.4 Å². The van der Waals surface area contributed by atoms with Gasteiger partial charge in [-0.05, 0) is 17.7 Å². The number of hydrogen-bond donors (Lipinski definition) is 1. The molecule has 17 heavy (non-hydrogen) atoms. The maximum atomic E-state index is 13.2. The molecule has 1 rings (SSSR count). The quantitative estimate of drug-likeness (QED) is 0.825. The second-order valence-corrected chi connectivity index (χ2v) is 2.89. The minimum atomic E-state index is -0.634. The number of carbonyl (C=O) groups is 2. The van der Waals surface area contributed by atoms with Crippen molar-refractivity contribution in [1.82, 2.24) is 5.32 Å². The van der Waals surface area contributed by atoms with Gasteiger partial charge in [-0.2, -0.15) is 0 Å². The Hall–Kier alpha value is -1.91. The molecule has 0 aliphatic rings. The van der Waals surface area contributed by atoms with Gasteiger partial charge < -0.3 is 10.1 Å². The highest BCUT2D eigenvalue weighted by atomic mass is 19.1. The van der Waals surface area contributed by atoms with E-state index in [1.54, 1.807) is 6.07 Å². The first-order valence-electron chi connectivity index (χ1n) is 5.26. The summed E-state index contributed by atoms with van der Waals surface area (Å²) in [4.78, 5) is 20.6. The SMILES string of the molecule is CC.CC(=O)NCc1ccc(OC=O)c(F)c1.[HH]. The summed E-state index contributed by atoms with van der Waals surface area (Å²) in [6, 6.07) is 4.10. The molecule has 0 unspecified atom stereocenters. The Kier molecular flexibility index (Phi) is 7.34. The smallest absolute Gasteiger partial charge is 0.298 e. The zero-order valence-electron chi connectivity index (χ0n) is 10.1. The molecule has 0 radical (unpaired) electrons. The number of hydrogen-bond acceptors (Lipinski definition) is 3. The second-order valence-electron chi connectivity index (χ2n) is 2.89. The van der Waals surface area contributed by atoms with Crippen molar-refractivity contribution >= 4 is 12.4 Å². The zero-order valence-corrected chi connectivity index (χ0v) is 10.1. The maximum absolute atomic E-state index is 13.2. The number of ether oxygens (including phenoxy) is 1. The molecular formula is C12H18FNO3. The van der Waals surface area contributed by atoms with E-state index in [0.29, 0.717) is 5.56 Å². The summed E-state index contributed by atoms with van der Waals surface area (Å²) in [7, 11) is 0. The fourth-order valence-corrected chi connectivity index (χ4v) is 1.03. The van der Waals surface area contributed by atoms with Crippen LogP contribution in [0.1, 0.15) is 27.8 Å². The van der Waals surface area contributed by atoms with Gasteiger partial charge in [0.2, 0.25) is 5.91 Å². The third-order valence-electron chi connectivity index (χ3n) is 1.71. The lowest BCUT2D eigenvalue weighted by Gasteiger charge is -2.04. The minimum Gasteiger partial charge on any atom is -0.426 e. The van der Waals surface area contributed by atoms with Crippen molar-refractivity contribution in [3.63, 3.8) is 0 Å². The first-order valence-corrected chi connectivity index (χ1v) is 5.26. The largest absolute Gasteiger partial charge is 0.426 e. The molecule has 0 aromatic heterocycles. The van der Waals surface area contributed by atoms with Crippen molar-refractivity contribution in [1.29, 1.82) is 0 Å². The number of amides is 1. The molecule has 0 heterocycles. The van der Waals surface area contributed by atoms with E-state index in [-0.39, 0.29) is 26.1 Å². The monoisotopic (exact) mass is 243 g/mol. The number of benzene rings is 1. The maximum Gasteiger partial charge on any atom is 0.298 e. The highest BCUT2D eigenvalue weighted by molar-refractivity contribution is 5.72. The number of rotatable bonds is 4. The van der Waals surface area contributed by atoms with Crippen LogP contribution in [0.4, 0.5) is 4.39 Å². The molecule has 1 N–H and O–H groups in total. The molecule has 0 saturated carbocycles. The molecule has 0 saturated heterocycles. The standard InChI is InChI=1S/C10H10FNO3.C2H6.H2/c1-7(14)12-5-8-2-3-10(15-6-13)9(11)4-8;1-2;/h2-4,6H,5H2,1H3,(H,12,14);1-2H3;1H. The van der Waals surface area contributed by atoms with Crippen molar-refractivity contribution in [2.45, 2.75) is 27.3 Å². The van der Waals surface area contributed by atoms with Crippen LogP contribution < -0.4 is 10.1 Å². The van der Waals surface area contributed by atoms with Gasteiger partial charge >= 0.3 is 0 Å². The summed E-state index contributed by atoms with van der Waals surface area (Å²) < 4.78 is 17.5. The molecule has 0 aliphatic carbocycles. The Balaban J connectivity index is 0. The summed E-state index contributed by atoms with van der Waals surface area (Å²) in [5.74, 6) is -0.954. The van der Waals surface area contributed by atoms with Gasteiger partial charge in [-0.3, -0.25) is 9.59 Å². The summed E-state index contributed by atoms with van der Waals surface area (Å²) in [5, 5.41) is 2.52. The fraction of sp³-hybridized carbons (Fsp3) is 0.333. The van der Waals surface area contributed by atoms with Gasteiger partial charge in [0.05, 0.1) is 0 Å². The third kappa shape index (κ3) is 5.65. The summed E-state index contributed by atoms with van der Waals surface area (Å²) >= 11 is 0. The minimum absolute atomic E-state index is 0. The van der Waals surface area contributed by atoms with E-state index in [4.69, 9.17) is 0 Å². The van der Waals surface area contributed by atoms with E-state index in [2.05, 4.69) is 10.1 Å². The predicted molar refractivity (Wildman–Crippen MR) is 64.1 cm³/mol. The Morgan fingerprint density at radius 1 is 1.53 bits per heavy atom. The van der Waals surface area contributed by atoms with Crippen molar-refractivity contribution in [2.24, 2.45) is 0 Å². The molecule has 4 nitrogen and oxygen atoms in total. The zero-order chi connectivity index (χ0) is 13.3. The number of nitrogens with one attached hydrogen (secondary N) is 1. The molecule has 1 aromatic carbocycles. The van der Waals surface area contributed by atoms with E-state index >= 15 is 0 Å². The van der Waals surface area contributed by atoms with Gasteiger partial charge in [0.15, 0.2) is 11.6 Å². The van der Waals surface area contributed by atoms with Crippen LogP contribution in [0.5, 0.6) is 5.75 Å². The van der Waals surface area contributed by atoms with Crippen molar-refractivity contribution in [3.8, 4) is 5.75 Å². The van der Waals surface area contributed by atoms with Gasteiger partial charge in [0.25, 0.3) is 6.47 Å². The molecule has 0 spiro atoms. The highest BCUT2D eigenvalue weighted by Gasteiger charge is 2.04. The van der Waals surface area contributed by atoms with E-state index in [1.807, 2.05) is 13.8 Å². The summed E-state index contributed by atoms with van der Waals surface area (Å²) in [5.41, 5.74) is 0.598. The van der Waals surface area contributed by atoms with Crippen LogP contribution >= 0.6 is 0 Å². The predicted octanol–water partition coefficient (Wildman–Crippen LogP) is 2.27. The lowest BCUT2D eigenvalue weighted by Crippen LogP contribution is -2.18. The van der Waals surface area contributed by atoms with Gasteiger partial charge in [-0.1, -0.05) is 19.9 Å². The Labute approximate surface area is 101 Å². The lowest BCUT2D eigenvalue weighted by atomic mass is 10.2. The van der Waals surface area contributed by atoms with E-state index in [9.17, 15) is 14.0 Å². The fourth-order valence-electron chi connectivity index (χ4n) is 1.03. The average molecular weight is 243 g/mol. The van der Waals surface area contributed by atoms with E-state index in [0.717, 1.165) is 0 Å². The van der Waals surface area contributed by atoms with Crippen molar-refractivity contribution < 1.29 is 20.1 Å². The Bertz CT molecular complexity index is 386. The van der Waals surface area contributed by atoms with Crippen LogP contribution in [-0.4, -0.2) is 12.4 Å². The molecule has 96 valence electrons. The lowest BCUT2D eigenvalue weighted by molar-refractivity contribution is -0.121. The first kappa shape index (κ1) is 15.1. The molecule has 1 amide bonds. The van der Waals surface area contributed by atoms with Crippen LogP contribution in [0.2, 0.25) is 0 Å². The Morgan fingerprint density at radius 2 is 2.18 bits per heavy atom. The van der Waals surface area contributed by atoms with Gasteiger partial charge in [-0.15, -0.1) is 0 Å². The third-order valence-corrected chi connectivity index (χ3v) is 1.71. The normalized spacial score (nSPS) is 8.71. The second kappa shape index (κ2) is 8.27. The number of carbonyl (C=O) groups excluding carboxylic acids is 2. The van der Waals surface area contributed by atoms with Gasteiger partial charge in [-0.25, -0.2) is 4.39 Å². The summed E-state index contributed by atoms with van der Waals surface area (Å²) in [6.45, 7) is 5.78. The molecule has 0 fully saturated rings. The Morgan fingerprint density at radius 3 is 2.65 bits per heavy atom. The molecule has 0 atom stereocenters. The van der Waals surface area contributed by atoms with E-state index < -0.39 is 5.82 Å². The summed E-state index contributed by atoms with van der Waals surface area (Å²) in [6.07, 6.45) is 0. The molecular weight excluding hydrogens is 225 g/mol. The van der Waals surface area contributed by atoms with Crippen LogP contribution in [0.25, 0.3) is 0 Å². The van der Waals surface area contributed by atoms with Crippen LogP contribution in [-0.2, 0) is 16.1 Å². The molecule has 0 bridgehead atoms. The van der Waals surface area contributed by atoms with Gasteiger partial charge in [0.1, 0.15) is 0 Å². The van der Waals surface area contributed by atoms with Gasteiger partial charge in [0, 0.05) is 14.9 Å². The first-order chi connectivity index (χ1) is 8.13. The van der Waals surface area contributed by atoms with Crippen LogP contribution in [0.3, 0.4) is 0 Å². The van der Waals surface area contributed by atoms with Crippen molar-refractivity contribution in [3.05, 3.63) is 29.6 Å². The molecule has 5 heteroatoms. The van der Waals surface area contributed by atoms with Crippen LogP contribution in [0.15, 0.2) is 18.2 Å². The van der Waals surface area contributed by atoms with E-state index in [1.165, 1.54) is 19.1 Å². The highest BCUT2D eigenvalue weighted by Crippen LogP contribution is 2.17. The average Bonchev–Trinajstić information content (AvgIpc) is 2.32. The molecule has 1 aromatic rings. The molecule has 0 aliphatic heterocycles.